The molecule has 0 unspecified atom stereocenters. The van der Waals surface area contributed by atoms with Crippen molar-refractivity contribution in [1.29, 1.82) is 0 Å². The fourth-order valence-corrected chi connectivity index (χ4v) is 4.91. The molecule has 9 heteroatoms. The van der Waals surface area contributed by atoms with Gasteiger partial charge in [0.25, 0.3) is 0 Å². The van der Waals surface area contributed by atoms with E-state index in [4.69, 9.17) is 0 Å². The van der Waals surface area contributed by atoms with Crippen molar-refractivity contribution < 1.29 is 18.0 Å². The van der Waals surface area contributed by atoms with Crippen LogP contribution in [-0.4, -0.2) is 31.7 Å². The third-order valence-corrected chi connectivity index (χ3v) is 7.38. The van der Waals surface area contributed by atoms with Crippen molar-refractivity contribution in [2.75, 3.05) is 23.0 Å². The van der Waals surface area contributed by atoms with E-state index in [2.05, 4.69) is 16.0 Å². The van der Waals surface area contributed by atoms with E-state index in [-0.39, 0.29) is 17.3 Å². The van der Waals surface area contributed by atoms with Gasteiger partial charge in [0, 0.05) is 37.1 Å². The first kappa shape index (κ1) is 23.5. The highest BCUT2D eigenvalue weighted by Gasteiger charge is 2.21. The van der Waals surface area contributed by atoms with Gasteiger partial charge in [-0.1, -0.05) is 36.4 Å². The number of urea groups is 1. The van der Waals surface area contributed by atoms with E-state index >= 15 is 0 Å². The summed E-state index contributed by atoms with van der Waals surface area (Å²) in [4.78, 5) is 24.4. The van der Waals surface area contributed by atoms with E-state index in [9.17, 15) is 18.0 Å². The van der Waals surface area contributed by atoms with Crippen LogP contribution in [0.5, 0.6) is 0 Å². The maximum Gasteiger partial charge on any atom is 0.323 e. The molecule has 0 fully saturated rings. The van der Waals surface area contributed by atoms with Gasteiger partial charge < -0.3 is 16.0 Å². The fraction of sp³-hybridized carbons (Fsp3) is 0.200. The summed E-state index contributed by atoms with van der Waals surface area (Å²) in [5.41, 5.74) is 3.62. The number of benzene rings is 3. The average molecular weight is 479 g/mol. The second kappa shape index (κ2) is 10.1. The predicted molar refractivity (Wildman–Crippen MR) is 132 cm³/mol. The molecule has 3 aromatic rings. The van der Waals surface area contributed by atoms with Gasteiger partial charge in [-0.15, -0.1) is 0 Å². The molecule has 3 N–H and O–H groups in total. The van der Waals surface area contributed by atoms with E-state index in [1.807, 2.05) is 36.4 Å². The van der Waals surface area contributed by atoms with Gasteiger partial charge in [-0.25, -0.2) is 13.2 Å². The molecule has 8 nitrogen and oxygen atoms in total. The van der Waals surface area contributed by atoms with E-state index in [1.54, 1.807) is 24.3 Å². The number of sulfonamides is 1. The van der Waals surface area contributed by atoms with Crippen LogP contribution in [-0.2, 0) is 27.8 Å². The van der Waals surface area contributed by atoms with Crippen molar-refractivity contribution in [3.05, 3.63) is 83.9 Å². The van der Waals surface area contributed by atoms with Gasteiger partial charge >= 0.3 is 6.03 Å². The molecule has 3 aromatic carbocycles. The van der Waals surface area contributed by atoms with Crippen LogP contribution in [0.3, 0.4) is 0 Å². The van der Waals surface area contributed by atoms with Crippen LogP contribution in [0.4, 0.5) is 21.9 Å². The van der Waals surface area contributed by atoms with Crippen molar-refractivity contribution >= 4 is 39.0 Å². The van der Waals surface area contributed by atoms with Crippen LogP contribution < -0.4 is 16.0 Å². The second-order valence-electron chi connectivity index (χ2n) is 8.12. The molecule has 1 heterocycles. The summed E-state index contributed by atoms with van der Waals surface area (Å²) in [5, 5.41) is 8.29. The lowest BCUT2D eigenvalue weighted by Gasteiger charge is -2.17. The number of amides is 3. The topological polar surface area (TPSA) is 108 Å². The third kappa shape index (κ3) is 5.62. The van der Waals surface area contributed by atoms with Crippen LogP contribution in [0, 0.1) is 0 Å². The highest BCUT2D eigenvalue weighted by Crippen LogP contribution is 2.26. The first-order valence-electron chi connectivity index (χ1n) is 10.9. The van der Waals surface area contributed by atoms with E-state index in [1.165, 1.54) is 23.5 Å². The molecule has 0 saturated carbocycles. The van der Waals surface area contributed by atoms with Crippen molar-refractivity contribution in [3.63, 3.8) is 0 Å². The molecular formula is C25H26N4O4S. The second-order valence-corrected chi connectivity index (χ2v) is 10.2. The molecule has 0 aromatic heterocycles. The van der Waals surface area contributed by atoms with Gasteiger partial charge in [-0.3, -0.25) is 4.79 Å². The average Bonchev–Trinajstić information content (AvgIpc) is 3.00. The van der Waals surface area contributed by atoms with Crippen molar-refractivity contribution in [1.82, 2.24) is 4.31 Å². The Morgan fingerprint density at radius 2 is 1.62 bits per heavy atom. The lowest BCUT2D eigenvalue weighted by atomic mass is 10.1. The number of anilines is 3. The summed E-state index contributed by atoms with van der Waals surface area (Å²) in [5.74, 6) is -0.0372. The minimum atomic E-state index is -3.68. The first-order chi connectivity index (χ1) is 16.3. The van der Waals surface area contributed by atoms with Crippen LogP contribution in [0.1, 0.15) is 24.0 Å². The van der Waals surface area contributed by atoms with Crippen LogP contribution in [0.2, 0.25) is 0 Å². The van der Waals surface area contributed by atoms with Crippen LogP contribution in [0.25, 0.3) is 0 Å². The SMILES string of the molecule is CN(Cc1ccccc1)S(=O)(=O)c1ccc(NC(=O)Nc2ccc3c(c2)NC(=O)CCC3)cc1. The van der Waals surface area contributed by atoms with Crippen molar-refractivity contribution in [3.8, 4) is 0 Å². The molecule has 1 aliphatic rings. The highest BCUT2D eigenvalue weighted by molar-refractivity contribution is 7.89. The van der Waals surface area contributed by atoms with E-state index in [0.29, 0.717) is 23.5 Å². The Morgan fingerprint density at radius 3 is 2.35 bits per heavy atom. The van der Waals surface area contributed by atoms with E-state index in [0.717, 1.165) is 24.0 Å². The first-order valence-corrected chi connectivity index (χ1v) is 12.4. The van der Waals surface area contributed by atoms with Crippen LogP contribution >= 0.6 is 0 Å². The fourth-order valence-electron chi connectivity index (χ4n) is 3.75. The number of carbonyl (C=O) groups excluding carboxylic acids is 2. The lowest BCUT2D eigenvalue weighted by molar-refractivity contribution is -0.116. The van der Waals surface area contributed by atoms with Crippen molar-refractivity contribution in [2.45, 2.75) is 30.7 Å². The Kier molecular flexibility index (Phi) is 6.95. The Bertz CT molecular complexity index is 1290. The number of aryl methyl sites for hydroxylation is 1. The quantitative estimate of drug-likeness (QED) is 0.487. The maximum absolute atomic E-state index is 12.9. The van der Waals surface area contributed by atoms with Crippen molar-refractivity contribution in [2.24, 2.45) is 0 Å². The molecule has 0 bridgehead atoms. The summed E-state index contributed by atoms with van der Waals surface area (Å²) in [6, 6.07) is 20.3. The normalized spacial score (nSPS) is 13.5. The Labute approximate surface area is 199 Å². The largest absolute Gasteiger partial charge is 0.326 e. The molecule has 34 heavy (non-hydrogen) atoms. The minimum Gasteiger partial charge on any atom is -0.326 e. The summed E-state index contributed by atoms with van der Waals surface area (Å²) in [6.07, 6.45) is 2.07. The molecule has 4 rings (SSSR count). The van der Waals surface area contributed by atoms with Gasteiger partial charge in [-0.05, 0) is 60.4 Å². The molecule has 176 valence electrons. The third-order valence-electron chi connectivity index (χ3n) is 5.56. The zero-order chi connectivity index (χ0) is 24.1. The number of hydrogen-bond acceptors (Lipinski definition) is 4. The Morgan fingerprint density at radius 1 is 0.941 bits per heavy atom. The Balaban J connectivity index is 1.39. The molecule has 0 saturated heterocycles. The number of hydrogen-bond donors (Lipinski definition) is 3. The maximum atomic E-state index is 12.9. The number of carbonyl (C=O) groups is 2. The van der Waals surface area contributed by atoms with Gasteiger partial charge in [0.05, 0.1) is 4.90 Å². The smallest absolute Gasteiger partial charge is 0.323 e. The zero-order valence-corrected chi connectivity index (χ0v) is 19.6. The molecule has 3 amide bonds. The van der Waals surface area contributed by atoms with E-state index < -0.39 is 16.1 Å². The molecule has 0 aliphatic carbocycles. The standard InChI is InChI=1S/C25H26N4O4S/c1-29(17-18-6-3-2-4-7-18)34(32,33)22-14-12-20(13-15-22)26-25(31)27-21-11-10-19-8-5-9-24(30)28-23(19)16-21/h2-4,6-7,10-16H,5,8-9,17H2,1H3,(H,28,30)(H2,26,27,31). The van der Waals surface area contributed by atoms with Gasteiger partial charge in [0.2, 0.25) is 15.9 Å². The van der Waals surface area contributed by atoms with Gasteiger partial charge in [-0.2, -0.15) is 4.31 Å². The monoisotopic (exact) mass is 478 g/mol. The number of fused-ring (bicyclic) bond motifs is 1. The zero-order valence-electron chi connectivity index (χ0n) is 18.7. The summed E-state index contributed by atoms with van der Waals surface area (Å²) >= 11 is 0. The van der Waals surface area contributed by atoms with Gasteiger partial charge in [0.15, 0.2) is 0 Å². The number of nitrogens with zero attached hydrogens (tertiary/aromatic N) is 1. The highest BCUT2D eigenvalue weighted by atomic mass is 32.2. The predicted octanol–water partition coefficient (Wildman–Crippen LogP) is 4.43. The molecule has 0 atom stereocenters. The summed E-state index contributed by atoms with van der Waals surface area (Å²) in [6.45, 7) is 0.257. The van der Waals surface area contributed by atoms with Gasteiger partial charge in [0.1, 0.15) is 0 Å². The number of rotatable bonds is 6. The molecular weight excluding hydrogens is 452 g/mol. The molecule has 1 aliphatic heterocycles. The molecule has 0 radical (unpaired) electrons. The molecule has 0 spiro atoms. The van der Waals surface area contributed by atoms with Crippen LogP contribution in [0.15, 0.2) is 77.7 Å². The minimum absolute atomic E-state index is 0.0372. The summed E-state index contributed by atoms with van der Waals surface area (Å²) < 4.78 is 27.0. The summed E-state index contributed by atoms with van der Waals surface area (Å²) in [7, 11) is -2.14. The number of nitrogens with one attached hydrogen (secondary N) is 3. The lowest BCUT2D eigenvalue weighted by Crippen LogP contribution is -2.26. The Hall–Kier alpha value is -3.69.